The highest BCUT2D eigenvalue weighted by molar-refractivity contribution is 7.83. The zero-order valence-electron chi connectivity index (χ0n) is 19.8. The Morgan fingerprint density at radius 2 is 1.09 bits per heavy atom. The maximum Gasteiger partial charge on any atom is 0.00886 e. The summed E-state index contributed by atoms with van der Waals surface area (Å²) in [5, 5.41) is 7.33. The fourth-order valence-corrected chi connectivity index (χ4v) is 10.4. The van der Waals surface area contributed by atoms with E-state index in [1.165, 1.54) is 37.6 Å². The van der Waals surface area contributed by atoms with Gasteiger partial charge in [-0.05, 0) is 73.8 Å². The second kappa shape index (κ2) is 10.7. The lowest BCUT2D eigenvalue weighted by atomic mass is 10.1. The van der Waals surface area contributed by atoms with Crippen LogP contribution in [-0.4, -0.2) is 5.66 Å². The van der Waals surface area contributed by atoms with Crippen molar-refractivity contribution in [2.75, 3.05) is 0 Å². The highest BCUT2D eigenvalue weighted by Gasteiger charge is 2.29. The van der Waals surface area contributed by atoms with E-state index in [9.17, 15) is 0 Å². The molecule has 4 aromatic rings. The van der Waals surface area contributed by atoms with Gasteiger partial charge in [0.05, 0.1) is 0 Å². The number of allylic oxidation sites excluding steroid dienone is 4. The summed E-state index contributed by atoms with van der Waals surface area (Å²) in [4.78, 5) is 0. The molecule has 0 nitrogen and oxygen atoms in total. The monoisotopic (exact) mass is 476 g/mol. The van der Waals surface area contributed by atoms with Crippen LogP contribution in [0, 0.1) is 13.8 Å². The zero-order chi connectivity index (χ0) is 23.3. The van der Waals surface area contributed by atoms with Crippen molar-refractivity contribution in [2.45, 2.75) is 25.9 Å². The molecule has 0 fully saturated rings. The predicted octanol–water partition coefficient (Wildman–Crippen LogP) is 6.38. The molecule has 0 amide bonds. The molecular formula is C32H30P2. The van der Waals surface area contributed by atoms with Crippen molar-refractivity contribution in [3.63, 3.8) is 0 Å². The Balaban J connectivity index is 1.77. The largest absolute Gasteiger partial charge is 0.0836 e. The predicted molar refractivity (Wildman–Crippen MR) is 154 cm³/mol. The summed E-state index contributed by atoms with van der Waals surface area (Å²) in [6.45, 7) is 4.53. The van der Waals surface area contributed by atoms with E-state index in [0.717, 1.165) is 6.42 Å². The van der Waals surface area contributed by atoms with Crippen LogP contribution in [0.4, 0.5) is 0 Å². The third kappa shape index (κ3) is 4.86. The van der Waals surface area contributed by atoms with Gasteiger partial charge in [-0.15, -0.1) is 0 Å². The standard InChI is InChI=1S/C32H30P2/c1-25-23-31(33(27-15-7-3-8-16-27)28-17-9-4-10-18-28)32(24-26(25)2)34(29-19-11-5-12-20-29)30-21-13-6-14-22-30/h3-21,23-24,30H,22H2,1-2H3. The maximum atomic E-state index is 2.51. The van der Waals surface area contributed by atoms with Crippen molar-refractivity contribution >= 4 is 42.4 Å². The van der Waals surface area contributed by atoms with Crippen molar-refractivity contribution < 1.29 is 0 Å². The van der Waals surface area contributed by atoms with Gasteiger partial charge in [0.15, 0.2) is 0 Å². The lowest BCUT2D eigenvalue weighted by molar-refractivity contribution is 1.05. The summed E-state index contributed by atoms with van der Waals surface area (Å²) in [5.74, 6) is 0. The van der Waals surface area contributed by atoms with Gasteiger partial charge in [-0.2, -0.15) is 0 Å². The first-order valence-electron chi connectivity index (χ1n) is 11.9. The highest BCUT2D eigenvalue weighted by atomic mass is 31.1. The van der Waals surface area contributed by atoms with Crippen LogP contribution in [0.2, 0.25) is 0 Å². The molecule has 0 radical (unpaired) electrons. The molecule has 0 N–H and O–H groups in total. The fourth-order valence-electron chi connectivity index (χ4n) is 4.60. The van der Waals surface area contributed by atoms with Crippen LogP contribution >= 0.6 is 15.8 Å². The second-order valence-electron chi connectivity index (χ2n) is 8.75. The van der Waals surface area contributed by atoms with Crippen LogP contribution in [-0.2, 0) is 0 Å². The van der Waals surface area contributed by atoms with E-state index in [4.69, 9.17) is 0 Å². The van der Waals surface area contributed by atoms with Crippen molar-refractivity contribution in [2.24, 2.45) is 0 Å². The lowest BCUT2D eigenvalue weighted by Crippen LogP contribution is -2.35. The highest BCUT2D eigenvalue weighted by Crippen LogP contribution is 2.45. The maximum absolute atomic E-state index is 2.51. The molecule has 2 atom stereocenters. The van der Waals surface area contributed by atoms with E-state index >= 15 is 0 Å². The van der Waals surface area contributed by atoms with Gasteiger partial charge in [-0.1, -0.05) is 127 Å². The first-order chi connectivity index (χ1) is 16.7. The van der Waals surface area contributed by atoms with Crippen LogP contribution in [0.25, 0.3) is 0 Å². The van der Waals surface area contributed by atoms with Gasteiger partial charge in [-0.25, -0.2) is 0 Å². The van der Waals surface area contributed by atoms with Crippen LogP contribution in [0.5, 0.6) is 0 Å². The molecule has 1 aliphatic carbocycles. The van der Waals surface area contributed by atoms with Crippen LogP contribution in [0.15, 0.2) is 127 Å². The minimum Gasteiger partial charge on any atom is -0.0836 e. The van der Waals surface area contributed by atoms with E-state index in [1.54, 1.807) is 0 Å². The molecule has 0 aliphatic heterocycles. The van der Waals surface area contributed by atoms with E-state index in [-0.39, 0.29) is 0 Å². The van der Waals surface area contributed by atoms with Gasteiger partial charge in [0.2, 0.25) is 0 Å². The molecule has 0 bridgehead atoms. The number of benzene rings is 4. The third-order valence-electron chi connectivity index (χ3n) is 6.44. The minimum atomic E-state index is -0.665. The molecule has 2 unspecified atom stereocenters. The van der Waals surface area contributed by atoms with Crippen molar-refractivity contribution in [1.82, 2.24) is 0 Å². The molecule has 0 aromatic heterocycles. The Hall–Kier alpha value is -2.78. The Bertz CT molecular complexity index is 1250. The SMILES string of the molecule is Cc1cc(P(c2ccccc2)c2ccccc2)c(P(c2ccccc2)C2C=CC=CC2)cc1C. The summed E-state index contributed by atoms with van der Waals surface area (Å²) >= 11 is 0. The molecule has 0 saturated carbocycles. The Kier molecular flexibility index (Phi) is 7.20. The lowest BCUT2D eigenvalue weighted by Gasteiger charge is -2.32. The number of hydrogen-bond acceptors (Lipinski definition) is 0. The Labute approximate surface area is 206 Å². The molecule has 34 heavy (non-hydrogen) atoms. The first kappa shape index (κ1) is 23.0. The fraction of sp³-hybridized carbons (Fsp3) is 0.125. The average molecular weight is 477 g/mol. The van der Waals surface area contributed by atoms with Gasteiger partial charge in [0, 0.05) is 5.66 Å². The summed E-state index contributed by atoms with van der Waals surface area (Å²) in [6, 6.07) is 38.4. The van der Waals surface area contributed by atoms with Gasteiger partial charge in [0.1, 0.15) is 0 Å². The number of rotatable bonds is 6. The minimum absolute atomic E-state index is 0.506. The molecular weight excluding hydrogens is 446 g/mol. The molecule has 0 heterocycles. The average Bonchev–Trinajstić information content (AvgIpc) is 2.90. The van der Waals surface area contributed by atoms with Crippen molar-refractivity contribution in [1.29, 1.82) is 0 Å². The molecule has 0 spiro atoms. The van der Waals surface area contributed by atoms with E-state index in [1.807, 2.05) is 0 Å². The first-order valence-corrected chi connectivity index (χ1v) is 14.7. The van der Waals surface area contributed by atoms with Crippen LogP contribution in [0.3, 0.4) is 0 Å². The van der Waals surface area contributed by atoms with Crippen LogP contribution in [0.1, 0.15) is 17.5 Å². The summed E-state index contributed by atoms with van der Waals surface area (Å²) in [5.41, 5.74) is 3.26. The molecule has 2 heteroatoms. The molecule has 168 valence electrons. The zero-order valence-corrected chi connectivity index (χ0v) is 21.6. The third-order valence-corrected chi connectivity index (χ3v) is 11.9. The summed E-state index contributed by atoms with van der Waals surface area (Å²) in [7, 11) is -1.22. The molecule has 0 saturated heterocycles. The Morgan fingerprint density at radius 3 is 1.59 bits per heavy atom. The van der Waals surface area contributed by atoms with E-state index < -0.39 is 15.8 Å². The summed E-state index contributed by atoms with van der Waals surface area (Å²) < 4.78 is 0. The van der Waals surface area contributed by atoms with Crippen molar-refractivity contribution in [3.05, 3.63) is 139 Å². The topological polar surface area (TPSA) is 0 Å². The van der Waals surface area contributed by atoms with Crippen molar-refractivity contribution in [3.8, 4) is 0 Å². The summed E-state index contributed by atoms with van der Waals surface area (Å²) in [6.07, 6.45) is 10.3. The normalized spacial score (nSPS) is 16.0. The van der Waals surface area contributed by atoms with Gasteiger partial charge in [0.25, 0.3) is 0 Å². The molecule has 4 aromatic carbocycles. The number of aryl methyl sites for hydroxylation is 2. The van der Waals surface area contributed by atoms with Gasteiger partial charge in [-0.3, -0.25) is 0 Å². The number of hydrogen-bond donors (Lipinski definition) is 0. The quantitative estimate of drug-likeness (QED) is 0.283. The second-order valence-corrected chi connectivity index (χ2v) is 13.3. The van der Waals surface area contributed by atoms with Gasteiger partial charge >= 0.3 is 0 Å². The smallest absolute Gasteiger partial charge is 0.00886 e. The van der Waals surface area contributed by atoms with Gasteiger partial charge < -0.3 is 0 Å². The Morgan fingerprint density at radius 1 is 0.588 bits per heavy atom. The van der Waals surface area contributed by atoms with Crippen LogP contribution < -0.4 is 26.5 Å². The van der Waals surface area contributed by atoms with E-state index in [0.29, 0.717) is 5.66 Å². The molecule has 5 rings (SSSR count). The molecule has 1 aliphatic rings. The van der Waals surface area contributed by atoms with E-state index in [2.05, 4.69) is 141 Å².